The summed E-state index contributed by atoms with van der Waals surface area (Å²) in [7, 11) is 0. The van der Waals surface area contributed by atoms with Crippen molar-refractivity contribution in [3.63, 3.8) is 0 Å². The van der Waals surface area contributed by atoms with Crippen LogP contribution in [0.1, 0.15) is 37.1 Å². The number of nitrogens with zero attached hydrogens (tertiary/aromatic N) is 2. The van der Waals surface area contributed by atoms with Crippen LogP contribution in [0.15, 0.2) is 198 Å². The summed E-state index contributed by atoms with van der Waals surface area (Å²) in [4.78, 5) is 10.6. The normalized spacial score (nSPS) is 15.6. The molecule has 8 aromatic rings. The predicted octanol–water partition coefficient (Wildman–Crippen LogP) is 13.3. The lowest BCUT2D eigenvalue weighted by molar-refractivity contribution is 0.658. The average molecular weight is 706 g/mol. The number of pyridine rings is 1. The predicted molar refractivity (Wildman–Crippen MR) is 232 cm³/mol. The highest BCUT2D eigenvalue weighted by Gasteiger charge is 2.25. The summed E-state index contributed by atoms with van der Waals surface area (Å²) in [5, 5.41) is 9.82. The SMILES string of the molecule is CC1=C(c2ccccc2)NC(c2ccc(-c3ccc4ccc5nc(-c6ccccc6)cc(-c6ccc7ccccc7c6)c5c4c3)cc2)N=C1C1=CC=CCC1. The van der Waals surface area contributed by atoms with Gasteiger partial charge in [0, 0.05) is 16.6 Å². The molecule has 10 rings (SSSR count). The minimum absolute atomic E-state index is 0.190. The van der Waals surface area contributed by atoms with Crippen molar-refractivity contribution in [3.05, 3.63) is 204 Å². The first-order valence-electron chi connectivity index (χ1n) is 19.2. The fraction of sp³-hybridized carbons (Fsp3) is 0.0769. The number of aromatic nitrogens is 1. The maximum Gasteiger partial charge on any atom is 0.145 e. The molecule has 55 heavy (non-hydrogen) atoms. The third kappa shape index (κ3) is 6.14. The lowest BCUT2D eigenvalue weighted by atomic mass is 9.91. The highest BCUT2D eigenvalue weighted by atomic mass is 15.1. The molecular weight excluding hydrogens is 667 g/mol. The molecule has 1 unspecified atom stereocenters. The molecule has 262 valence electrons. The highest BCUT2D eigenvalue weighted by Crippen LogP contribution is 2.40. The molecule has 7 aromatic carbocycles. The fourth-order valence-corrected chi connectivity index (χ4v) is 8.24. The van der Waals surface area contributed by atoms with Crippen LogP contribution in [0, 0.1) is 0 Å². The molecule has 0 spiro atoms. The van der Waals surface area contributed by atoms with Gasteiger partial charge < -0.3 is 5.32 Å². The molecule has 1 atom stereocenters. The number of hydrogen-bond acceptors (Lipinski definition) is 3. The first-order chi connectivity index (χ1) is 27.2. The van der Waals surface area contributed by atoms with Crippen LogP contribution < -0.4 is 5.32 Å². The molecule has 0 saturated heterocycles. The van der Waals surface area contributed by atoms with E-state index in [2.05, 4.69) is 194 Å². The number of aliphatic imine (C=N–C) groups is 1. The third-order valence-electron chi connectivity index (χ3n) is 11.1. The van der Waals surface area contributed by atoms with Crippen molar-refractivity contribution in [1.29, 1.82) is 0 Å². The van der Waals surface area contributed by atoms with Crippen LogP contribution in [-0.4, -0.2) is 10.7 Å². The minimum atomic E-state index is -0.190. The van der Waals surface area contributed by atoms with Gasteiger partial charge in [0.25, 0.3) is 0 Å². The summed E-state index contributed by atoms with van der Waals surface area (Å²) in [6.45, 7) is 2.19. The van der Waals surface area contributed by atoms with Crippen molar-refractivity contribution in [1.82, 2.24) is 10.3 Å². The monoisotopic (exact) mass is 705 g/mol. The van der Waals surface area contributed by atoms with E-state index in [1.54, 1.807) is 0 Å². The number of fused-ring (bicyclic) bond motifs is 4. The molecule has 0 amide bonds. The first-order valence-corrected chi connectivity index (χ1v) is 19.2. The number of rotatable bonds is 6. The zero-order valence-electron chi connectivity index (χ0n) is 30.7. The second-order valence-electron chi connectivity index (χ2n) is 14.5. The Bertz CT molecular complexity index is 2880. The Labute approximate surface area is 321 Å². The summed E-state index contributed by atoms with van der Waals surface area (Å²) < 4.78 is 0. The first kappa shape index (κ1) is 32.8. The van der Waals surface area contributed by atoms with Gasteiger partial charge in [0.15, 0.2) is 0 Å². The van der Waals surface area contributed by atoms with Crippen LogP contribution in [0.5, 0.6) is 0 Å². The van der Waals surface area contributed by atoms with E-state index in [1.165, 1.54) is 65.9 Å². The molecule has 3 heteroatoms. The van der Waals surface area contributed by atoms with Crippen molar-refractivity contribution in [2.24, 2.45) is 4.99 Å². The summed E-state index contributed by atoms with van der Waals surface area (Å²) >= 11 is 0. The van der Waals surface area contributed by atoms with Gasteiger partial charge in [0.05, 0.1) is 16.9 Å². The van der Waals surface area contributed by atoms with Crippen LogP contribution in [0.3, 0.4) is 0 Å². The second-order valence-corrected chi connectivity index (χ2v) is 14.5. The second kappa shape index (κ2) is 13.9. The molecule has 2 heterocycles. The summed E-state index contributed by atoms with van der Waals surface area (Å²) in [5.74, 6) is 0. The molecule has 1 aliphatic carbocycles. The van der Waals surface area contributed by atoms with Gasteiger partial charge in [-0.15, -0.1) is 0 Å². The average Bonchev–Trinajstić information content (AvgIpc) is 3.26. The number of hydrogen-bond donors (Lipinski definition) is 1. The Morgan fingerprint density at radius 3 is 2.05 bits per heavy atom. The van der Waals surface area contributed by atoms with Crippen LogP contribution >= 0.6 is 0 Å². The summed E-state index contributed by atoms with van der Waals surface area (Å²) in [6, 6.07) is 58.9. The minimum Gasteiger partial charge on any atom is -0.359 e. The maximum absolute atomic E-state index is 5.33. The van der Waals surface area contributed by atoms with E-state index < -0.39 is 0 Å². The summed E-state index contributed by atoms with van der Waals surface area (Å²) in [5.41, 5.74) is 14.8. The summed E-state index contributed by atoms with van der Waals surface area (Å²) in [6.07, 6.45) is 8.48. The highest BCUT2D eigenvalue weighted by molar-refractivity contribution is 6.17. The van der Waals surface area contributed by atoms with Crippen LogP contribution in [0.4, 0.5) is 0 Å². The third-order valence-corrected chi connectivity index (χ3v) is 11.1. The Kier molecular flexibility index (Phi) is 8.26. The van der Waals surface area contributed by atoms with Gasteiger partial charge >= 0.3 is 0 Å². The van der Waals surface area contributed by atoms with Gasteiger partial charge in [0.2, 0.25) is 0 Å². The van der Waals surface area contributed by atoms with Crippen LogP contribution in [-0.2, 0) is 0 Å². The van der Waals surface area contributed by atoms with E-state index in [9.17, 15) is 0 Å². The van der Waals surface area contributed by atoms with Crippen molar-refractivity contribution in [2.75, 3.05) is 0 Å². The molecule has 2 aliphatic rings. The smallest absolute Gasteiger partial charge is 0.145 e. The Morgan fingerprint density at radius 1 is 0.582 bits per heavy atom. The molecule has 3 nitrogen and oxygen atoms in total. The molecule has 0 fully saturated rings. The maximum atomic E-state index is 5.33. The zero-order valence-corrected chi connectivity index (χ0v) is 30.7. The van der Waals surface area contributed by atoms with Crippen molar-refractivity contribution >= 4 is 43.9 Å². The van der Waals surface area contributed by atoms with Gasteiger partial charge in [-0.2, -0.15) is 0 Å². The topological polar surface area (TPSA) is 37.3 Å². The van der Waals surface area contributed by atoms with E-state index in [-0.39, 0.29) is 6.17 Å². The Morgan fingerprint density at radius 2 is 1.27 bits per heavy atom. The zero-order chi connectivity index (χ0) is 36.7. The van der Waals surface area contributed by atoms with Gasteiger partial charge in [0.1, 0.15) is 6.17 Å². The van der Waals surface area contributed by atoms with Crippen LogP contribution in [0.2, 0.25) is 0 Å². The quantitative estimate of drug-likeness (QED) is 0.175. The molecule has 0 saturated carbocycles. The molecule has 0 radical (unpaired) electrons. The van der Waals surface area contributed by atoms with Crippen LogP contribution in [0.25, 0.3) is 71.7 Å². The van der Waals surface area contributed by atoms with E-state index in [0.717, 1.165) is 46.6 Å². The number of allylic oxidation sites excluding steroid dienone is 5. The van der Waals surface area contributed by atoms with Gasteiger partial charge in [-0.25, -0.2) is 4.98 Å². The Balaban J connectivity index is 1.07. The molecule has 1 aromatic heterocycles. The van der Waals surface area contributed by atoms with E-state index in [1.807, 2.05) is 0 Å². The molecule has 1 N–H and O–H groups in total. The standard InChI is InChI=1S/C52H39N3/c1-34-50(39-16-7-3-8-17-39)54-52(55-51(34)40-18-9-4-10-19-40)41-25-21-36(22-26-41)43-27-24-37-29-30-47-49(45(37)32-43)46(33-48(53-47)38-14-5-2-6-15-38)44-28-23-35-13-11-12-20-42(35)31-44/h2-9,11-18,20-33,52,54H,10,19H2,1H3. The van der Waals surface area contributed by atoms with E-state index >= 15 is 0 Å². The van der Waals surface area contributed by atoms with Crippen molar-refractivity contribution in [3.8, 4) is 33.5 Å². The van der Waals surface area contributed by atoms with E-state index in [0.29, 0.717) is 0 Å². The Hall–Kier alpha value is -6.84. The lowest BCUT2D eigenvalue weighted by Gasteiger charge is -2.29. The van der Waals surface area contributed by atoms with Crippen molar-refractivity contribution in [2.45, 2.75) is 25.9 Å². The number of nitrogens with one attached hydrogen (secondary N) is 1. The molecule has 1 aliphatic heterocycles. The van der Waals surface area contributed by atoms with Crippen molar-refractivity contribution < 1.29 is 0 Å². The largest absolute Gasteiger partial charge is 0.359 e. The molecule has 0 bridgehead atoms. The fourth-order valence-electron chi connectivity index (χ4n) is 8.24. The van der Waals surface area contributed by atoms with E-state index in [4.69, 9.17) is 9.98 Å². The van der Waals surface area contributed by atoms with Gasteiger partial charge in [-0.1, -0.05) is 158 Å². The number of benzene rings is 7. The lowest BCUT2D eigenvalue weighted by Crippen LogP contribution is -2.28. The van der Waals surface area contributed by atoms with Gasteiger partial charge in [-0.3, -0.25) is 4.99 Å². The molecular formula is C52H39N3. The van der Waals surface area contributed by atoms with Gasteiger partial charge in [-0.05, 0) is 110 Å².